The van der Waals surface area contributed by atoms with Crippen LogP contribution in [0.25, 0.3) is 0 Å². The van der Waals surface area contributed by atoms with Gasteiger partial charge < -0.3 is 5.32 Å². The fourth-order valence-corrected chi connectivity index (χ4v) is 0.863. The molecule has 1 nitrogen and oxygen atoms in total. The Balaban J connectivity index is 4.19. The predicted molar refractivity (Wildman–Crippen MR) is 50.0 cm³/mol. The molecule has 1 N–H and O–H groups in total. The maximum Gasteiger partial charge on any atom is 0.0294 e. The van der Waals surface area contributed by atoms with Crippen LogP contribution in [-0.4, -0.2) is 7.05 Å². The van der Waals surface area contributed by atoms with E-state index in [1.807, 2.05) is 20.0 Å². The molecule has 0 saturated carbocycles. The normalized spacial score (nSPS) is 10.9. The van der Waals surface area contributed by atoms with Crippen LogP contribution in [0.2, 0.25) is 0 Å². The van der Waals surface area contributed by atoms with E-state index in [2.05, 4.69) is 34.4 Å². The lowest BCUT2D eigenvalue weighted by atomic mass is 10.2. The van der Waals surface area contributed by atoms with Crippen molar-refractivity contribution in [3.63, 3.8) is 0 Å². The van der Waals surface area contributed by atoms with Crippen molar-refractivity contribution in [1.29, 1.82) is 0 Å². The summed E-state index contributed by atoms with van der Waals surface area (Å²) in [4.78, 5) is 0. The Kier molecular flexibility index (Phi) is 4.12. The second-order valence-electron chi connectivity index (χ2n) is 2.00. The predicted octanol–water partition coefficient (Wildman–Crippen LogP) is 2.57. The summed E-state index contributed by atoms with van der Waals surface area (Å²) in [5.41, 5.74) is 2.00. The highest BCUT2D eigenvalue weighted by Gasteiger charge is 1.91. The lowest BCUT2D eigenvalue weighted by molar-refractivity contribution is 1.01. The standard InChI is InChI=1S/C8H12BrN/c1-6(5-7(2)9)8(3)10-4/h5,10H,2-3H2,1,4H3/b6-5-. The smallest absolute Gasteiger partial charge is 0.0294 e. The molecule has 0 aliphatic heterocycles. The van der Waals surface area contributed by atoms with Gasteiger partial charge >= 0.3 is 0 Å². The highest BCUT2D eigenvalue weighted by atomic mass is 79.9. The molecular weight excluding hydrogens is 190 g/mol. The van der Waals surface area contributed by atoms with Crippen LogP contribution < -0.4 is 5.32 Å². The van der Waals surface area contributed by atoms with Crippen LogP contribution in [0, 0.1) is 0 Å². The summed E-state index contributed by atoms with van der Waals surface area (Å²) < 4.78 is 0.862. The zero-order valence-electron chi connectivity index (χ0n) is 6.37. The molecule has 0 radical (unpaired) electrons. The Morgan fingerprint density at radius 2 is 2.00 bits per heavy atom. The second kappa shape index (κ2) is 4.34. The third kappa shape index (κ3) is 3.51. The minimum atomic E-state index is 0.862. The first-order valence-electron chi connectivity index (χ1n) is 2.97. The summed E-state index contributed by atoms with van der Waals surface area (Å²) in [6.45, 7) is 9.45. The van der Waals surface area contributed by atoms with Gasteiger partial charge in [0.25, 0.3) is 0 Å². The molecule has 0 aliphatic rings. The zero-order valence-corrected chi connectivity index (χ0v) is 7.96. The number of likely N-dealkylation sites (N-methyl/N-ethyl adjacent to an activating group) is 1. The summed E-state index contributed by atoms with van der Waals surface area (Å²) in [6, 6.07) is 0. The molecular formula is C8H12BrN. The Morgan fingerprint density at radius 3 is 2.30 bits per heavy atom. The molecule has 10 heavy (non-hydrogen) atoms. The molecule has 0 aliphatic carbocycles. The summed E-state index contributed by atoms with van der Waals surface area (Å²) >= 11 is 3.23. The number of hydrogen-bond donors (Lipinski definition) is 1. The first kappa shape index (κ1) is 9.50. The van der Waals surface area contributed by atoms with Gasteiger partial charge in [0.15, 0.2) is 0 Å². The number of allylic oxidation sites excluding steroid dienone is 3. The average molecular weight is 202 g/mol. The van der Waals surface area contributed by atoms with Crippen molar-refractivity contribution < 1.29 is 0 Å². The summed E-state index contributed by atoms with van der Waals surface area (Å²) in [6.07, 6.45) is 1.92. The van der Waals surface area contributed by atoms with E-state index in [1.165, 1.54) is 0 Å². The minimum absolute atomic E-state index is 0.862. The molecule has 0 heterocycles. The van der Waals surface area contributed by atoms with Crippen LogP contribution in [0.3, 0.4) is 0 Å². The number of rotatable bonds is 3. The van der Waals surface area contributed by atoms with Gasteiger partial charge in [0, 0.05) is 17.2 Å². The van der Waals surface area contributed by atoms with E-state index in [4.69, 9.17) is 0 Å². The van der Waals surface area contributed by atoms with Gasteiger partial charge in [-0.05, 0) is 18.6 Å². The van der Waals surface area contributed by atoms with E-state index in [-0.39, 0.29) is 0 Å². The van der Waals surface area contributed by atoms with Gasteiger partial charge in [-0.15, -0.1) is 0 Å². The molecule has 0 saturated heterocycles. The molecule has 0 spiro atoms. The van der Waals surface area contributed by atoms with Crippen molar-refractivity contribution in [1.82, 2.24) is 5.32 Å². The van der Waals surface area contributed by atoms with E-state index in [0.29, 0.717) is 0 Å². The van der Waals surface area contributed by atoms with Gasteiger partial charge in [0.2, 0.25) is 0 Å². The molecule has 0 bridgehead atoms. The lowest BCUT2D eigenvalue weighted by Gasteiger charge is -2.03. The van der Waals surface area contributed by atoms with Crippen LogP contribution in [0.4, 0.5) is 0 Å². The fourth-order valence-electron chi connectivity index (χ4n) is 0.519. The van der Waals surface area contributed by atoms with E-state index in [1.54, 1.807) is 0 Å². The van der Waals surface area contributed by atoms with Crippen LogP contribution in [0.15, 0.2) is 35.0 Å². The Labute approximate surface area is 70.6 Å². The van der Waals surface area contributed by atoms with Crippen molar-refractivity contribution >= 4 is 15.9 Å². The SMILES string of the molecule is C=C(Br)/C=C(/C)C(=C)NC. The first-order valence-corrected chi connectivity index (χ1v) is 3.77. The highest BCUT2D eigenvalue weighted by Crippen LogP contribution is 2.10. The molecule has 0 rings (SSSR count). The quantitative estimate of drug-likeness (QED) is 0.693. The van der Waals surface area contributed by atoms with E-state index >= 15 is 0 Å². The van der Waals surface area contributed by atoms with Gasteiger partial charge in [-0.2, -0.15) is 0 Å². The topological polar surface area (TPSA) is 12.0 Å². The number of nitrogens with one attached hydrogen (secondary N) is 1. The Bertz CT molecular complexity index is 180. The molecule has 0 aromatic heterocycles. The Hall–Kier alpha value is -0.500. The van der Waals surface area contributed by atoms with Crippen LogP contribution in [0.5, 0.6) is 0 Å². The van der Waals surface area contributed by atoms with Crippen molar-refractivity contribution in [3.8, 4) is 0 Å². The molecule has 0 fully saturated rings. The maximum atomic E-state index is 3.78. The molecule has 0 aromatic carbocycles. The molecule has 0 aromatic rings. The second-order valence-corrected chi connectivity index (χ2v) is 3.02. The van der Waals surface area contributed by atoms with Crippen LogP contribution in [-0.2, 0) is 0 Å². The lowest BCUT2D eigenvalue weighted by Crippen LogP contribution is -2.04. The van der Waals surface area contributed by atoms with Crippen LogP contribution >= 0.6 is 15.9 Å². The van der Waals surface area contributed by atoms with E-state index < -0.39 is 0 Å². The van der Waals surface area contributed by atoms with Gasteiger partial charge in [-0.1, -0.05) is 29.1 Å². The molecule has 0 atom stereocenters. The van der Waals surface area contributed by atoms with Crippen molar-refractivity contribution in [3.05, 3.63) is 35.0 Å². The first-order chi connectivity index (χ1) is 4.57. The van der Waals surface area contributed by atoms with Gasteiger partial charge in [-0.3, -0.25) is 0 Å². The summed E-state index contributed by atoms with van der Waals surface area (Å²) in [5.74, 6) is 0. The minimum Gasteiger partial charge on any atom is -0.388 e. The van der Waals surface area contributed by atoms with Crippen molar-refractivity contribution in [2.24, 2.45) is 0 Å². The Morgan fingerprint density at radius 1 is 1.50 bits per heavy atom. The molecule has 0 amide bonds. The highest BCUT2D eigenvalue weighted by molar-refractivity contribution is 9.11. The van der Waals surface area contributed by atoms with E-state index in [0.717, 1.165) is 15.8 Å². The molecule has 0 unspecified atom stereocenters. The number of halogens is 1. The zero-order chi connectivity index (χ0) is 8.15. The van der Waals surface area contributed by atoms with Gasteiger partial charge in [-0.25, -0.2) is 0 Å². The fraction of sp³-hybridized carbons (Fsp3) is 0.250. The molecule has 2 heteroatoms. The van der Waals surface area contributed by atoms with Crippen molar-refractivity contribution in [2.75, 3.05) is 7.05 Å². The molecule has 56 valence electrons. The van der Waals surface area contributed by atoms with Crippen molar-refractivity contribution in [2.45, 2.75) is 6.92 Å². The third-order valence-corrected chi connectivity index (χ3v) is 1.38. The number of hydrogen-bond acceptors (Lipinski definition) is 1. The summed E-state index contributed by atoms with van der Waals surface area (Å²) in [5, 5.41) is 2.95. The maximum absolute atomic E-state index is 3.78. The van der Waals surface area contributed by atoms with Crippen LogP contribution in [0.1, 0.15) is 6.92 Å². The monoisotopic (exact) mass is 201 g/mol. The third-order valence-electron chi connectivity index (χ3n) is 1.15. The largest absolute Gasteiger partial charge is 0.388 e. The summed E-state index contributed by atoms with van der Waals surface area (Å²) in [7, 11) is 1.84. The van der Waals surface area contributed by atoms with E-state index in [9.17, 15) is 0 Å². The average Bonchev–Trinajstić information content (AvgIpc) is 1.85. The van der Waals surface area contributed by atoms with Gasteiger partial charge in [0.05, 0.1) is 0 Å². The van der Waals surface area contributed by atoms with Gasteiger partial charge in [0.1, 0.15) is 0 Å².